The number of aliphatic carboxylic acids is 1. The molecule has 0 aromatic rings. The number of urea groups is 1. The number of amides is 2. The summed E-state index contributed by atoms with van der Waals surface area (Å²) in [7, 11) is 0. The van der Waals surface area contributed by atoms with E-state index in [4.69, 9.17) is 5.11 Å². The summed E-state index contributed by atoms with van der Waals surface area (Å²) >= 11 is 0. The second-order valence-electron chi connectivity index (χ2n) is 5.44. The summed E-state index contributed by atoms with van der Waals surface area (Å²) in [5.41, 5.74) is 0. The van der Waals surface area contributed by atoms with E-state index in [9.17, 15) is 9.59 Å². The maximum atomic E-state index is 11.7. The lowest BCUT2D eigenvalue weighted by Crippen LogP contribution is -2.47. The van der Waals surface area contributed by atoms with Gasteiger partial charge in [0.05, 0.1) is 0 Å². The molecule has 0 spiro atoms. The van der Waals surface area contributed by atoms with Gasteiger partial charge in [-0.05, 0) is 31.8 Å². The summed E-state index contributed by atoms with van der Waals surface area (Å²) in [5, 5.41) is 14.4. The van der Waals surface area contributed by atoms with Crippen LogP contribution in [0.15, 0.2) is 0 Å². The molecule has 0 aliphatic carbocycles. The highest BCUT2D eigenvalue weighted by Gasteiger charge is 2.23. The summed E-state index contributed by atoms with van der Waals surface area (Å²) in [6.07, 6.45) is 3.28. The van der Waals surface area contributed by atoms with Crippen molar-refractivity contribution in [2.45, 2.75) is 45.6 Å². The average Bonchev–Trinajstić information content (AvgIpc) is 2.88. The Hall–Kier alpha value is -1.30. The van der Waals surface area contributed by atoms with Gasteiger partial charge in [0.25, 0.3) is 0 Å². The fourth-order valence-electron chi connectivity index (χ4n) is 2.48. The molecule has 3 N–H and O–H groups in total. The predicted octanol–water partition coefficient (Wildman–Crippen LogP) is 1.27. The van der Waals surface area contributed by atoms with Crippen molar-refractivity contribution in [3.05, 3.63) is 0 Å². The molecule has 2 atom stereocenters. The van der Waals surface area contributed by atoms with Crippen molar-refractivity contribution in [3.8, 4) is 0 Å². The zero-order chi connectivity index (χ0) is 15.0. The lowest BCUT2D eigenvalue weighted by Gasteiger charge is -2.17. The number of carbonyl (C=O) groups is 2. The van der Waals surface area contributed by atoms with Crippen LogP contribution in [0.4, 0.5) is 4.79 Å². The number of nitrogens with one attached hydrogen (secondary N) is 2. The molecule has 1 aliphatic heterocycles. The molecule has 1 fully saturated rings. The van der Waals surface area contributed by atoms with Crippen LogP contribution >= 0.6 is 0 Å². The summed E-state index contributed by atoms with van der Waals surface area (Å²) in [6.45, 7) is 7.88. The van der Waals surface area contributed by atoms with Gasteiger partial charge in [-0.25, -0.2) is 9.59 Å². The lowest BCUT2D eigenvalue weighted by atomic mass is 10.1. The van der Waals surface area contributed by atoms with Crippen molar-refractivity contribution in [2.75, 3.05) is 26.2 Å². The highest BCUT2D eigenvalue weighted by molar-refractivity contribution is 5.82. The number of hydrogen-bond acceptors (Lipinski definition) is 3. The molecule has 1 saturated heterocycles. The number of carbonyl (C=O) groups excluding carboxylic acids is 1. The molecule has 0 aromatic heterocycles. The zero-order valence-corrected chi connectivity index (χ0v) is 12.5. The standard InChI is InChI=1S/C14H27N3O3/c1-3-5-6-12(13(18)19)16-14(20)15-9-11-7-8-17(4-2)10-11/h11-12H,3-10H2,1-2H3,(H,18,19)(H2,15,16,20). The number of nitrogens with zero attached hydrogens (tertiary/aromatic N) is 1. The first-order valence-electron chi connectivity index (χ1n) is 7.56. The van der Waals surface area contributed by atoms with E-state index in [0.717, 1.165) is 38.9 Å². The normalized spacial score (nSPS) is 20.6. The SMILES string of the molecule is CCCCC(NC(=O)NCC1CCN(CC)C1)C(=O)O. The Labute approximate surface area is 120 Å². The van der Waals surface area contributed by atoms with E-state index in [1.165, 1.54) is 0 Å². The summed E-state index contributed by atoms with van der Waals surface area (Å²) in [6, 6.07) is -1.16. The number of carboxylic acids is 1. The number of likely N-dealkylation sites (tertiary alicyclic amines) is 1. The minimum Gasteiger partial charge on any atom is -0.480 e. The van der Waals surface area contributed by atoms with Crippen LogP contribution < -0.4 is 10.6 Å². The van der Waals surface area contributed by atoms with E-state index in [0.29, 0.717) is 18.9 Å². The van der Waals surface area contributed by atoms with Gasteiger partial charge >= 0.3 is 12.0 Å². The molecule has 6 nitrogen and oxygen atoms in total. The molecule has 2 amide bonds. The van der Waals surface area contributed by atoms with Gasteiger partial charge in [0.15, 0.2) is 0 Å². The fraction of sp³-hybridized carbons (Fsp3) is 0.857. The van der Waals surface area contributed by atoms with Gasteiger partial charge in [-0.1, -0.05) is 26.7 Å². The zero-order valence-electron chi connectivity index (χ0n) is 12.5. The van der Waals surface area contributed by atoms with E-state index in [1.807, 2.05) is 6.92 Å². The van der Waals surface area contributed by atoms with E-state index >= 15 is 0 Å². The van der Waals surface area contributed by atoms with E-state index in [1.54, 1.807) is 0 Å². The van der Waals surface area contributed by atoms with Gasteiger partial charge in [-0.15, -0.1) is 0 Å². The van der Waals surface area contributed by atoms with Crippen molar-refractivity contribution < 1.29 is 14.7 Å². The van der Waals surface area contributed by atoms with Crippen molar-refractivity contribution in [3.63, 3.8) is 0 Å². The van der Waals surface area contributed by atoms with Crippen molar-refractivity contribution in [2.24, 2.45) is 5.92 Å². The van der Waals surface area contributed by atoms with Crippen LogP contribution in [-0.2, 0) is 4.79 Å². The van der Waals surface area contributed by atoms with Gasteiger partial charge in [0.1, 0.15) is 6.04 Å². The monoisotopic (exact) mass is 285 g/mol. The van der Waals surface area contributed by atoms with Crippen LogP contribution in [0.1, 0.15) is 39.5 Å². The van der Waals surface area contributed by atoms with Crippen LogP contribution in [0.25, 0.3) is 0 Å². The maximum absolute atomic E-state index is 11.7. The predicted molar refractivity (Wildman–Crippen MR) is 77.7 cm³/mol. The van der Waals surface area contributed by atoms with Crippen LogP contribution in [0.5, 0.6) is 0 Å². The summed E-state index contributed by atoms with van der Waals surface area (Å²) in [5.74, 6) is -0.494. The molecule has 1 heterocycles. The van der Waals surface area contributed by atoms with E-state index < -0.39 is 12.0 Å². The largest absolute Gasteiger partial charge is 0.480 e. The second-order valence-corrected chi connectivity index (χ2v) is 5.44. The average molecular weight is 285 g/mol. The Kier molecular flexibility index (Phi) is 7.36. The fourth-order valence-corrected chi connectivity index (χ4v) is 2.48. The molecule has 0 bridgehead atoms. The molecule has 0 radical (unpaired) electrons. The van der Waals surface area contributed by atoms with Gasteiger partial charge in [-0.2, -0.15) is 0 Å². The smallest absolute Gasteiger partial charge is 0.326 e. The van der Waals surface area contributed by atoms with Crippen LogP contribution in [0.3, 0.4) is 0 Å². The van der Waals surface area contributed by atoms with Gasteiger partial charge in [0.2, 0.25) is 0 Å². The molecule has 6 heteroatoms. The van der Waals surface area contributed by atoms with E-state index in [2.05, 4.69) is 22.5 Å². The quantitative estimate of drug-likeness (QED) is 0.627. The summed E-state index contributed by atoms with van der Waals surface area (Å²) < 4.78 is 0. The second kappa shape index (κ2) is 8.79. The molecule has 2 unspecified atom stereocenters. The minimum absolute atomic E-state index is 0.372. The maximum Gasteiger partial charge on any atom is 0.326 e. The Morgan fingerprint density at radius 2 is 2.15 bits per heavy atom. The Balaban J connectivity index is 2.26. The molecule has 0 saturated carbocycles. The molecule has 1 aliphatic rings. The van der Waals surface area contributed by atoms with E-state index in [-0.39, 0.29) is 6.03 Å². The third-order valence-electron chi connectivity index (χ3n) is 3.82. The highest BCUT2D eigenvalue weighted by Crippen LogP contribution is 2.14. The van der Waals surface area contributed by atoms with Crippen LogP contribution in [0.2, 0.25) is 0 Å². The first-order valence-corrected chi connectivity index (χ1v) is 7.56. The van der Waals surface area contributed by atoms with Gasteiger partial charge < -0.3 is 20.6 Å². The van der Waals surface area contributed by atoms with Gasteiger partial charge in [-0.3, -0.25) is 0 Å². The molecule has 116 valence electrons. The highest BCUT2D eigenvalue weighted by atomic mass is 16.4. The van der Waals surface area contributed by atoms with Crippen molar-refractivity contribution in [1.29, 1.82) is 0 Å². The topological polar surface area (TPSA) is 81.7 Å². The number of carboxylic acid groups (broad SMARTS) is 1. The number of rotatable bonds is 8. The minimum atomic E-state index is -0.966. The first-order chi connectivity index (χ1) is 9.56. The molecular weight excluding hydrogens is 258 g/mol. The third kappa shape index (κ3) is 5.77. The Morgan fingerprint density at radius 3 is 2.70 bits per heavy atom. The van der Waals surface area contributed by atoms with Gasteiger partial charge in [0, 0.05) is 13.1 Å². The molecular formula is C14H27N3O3. The van der Waals surface area contributed by atoms with Crippen molar-refractivity contribution in [1.82, 2.24) is 15.5 Å². The number of unbranched alkanes of at least 4 members (excludes halogenated alkanes) is 1. The Bertz CT molecular complexity index is 323. The van der Waals surface area contributed by atoms with Crippen LogP contribution in [0, 0.1) is 5.92 Å². The molecule has 0 aromatic carbocycles. The molecule has 20 heavy (non-hydrogen) atoms. The first kappa shape index (κ1) is 16.8. The molecule has 1 rings (SSSR count). The third-order valence-corrected chi connectivity index (χ3v) is 3.82. The number of hydrogen-bond donors (Lipinski definition) is 3. The Morgan fingerprint density at radius 1 is 1.40 bits per heavy atom. The van der Waals surface area contributed by atoms with Crippen LogP contribution in [-0.4, -0.2) is 54.2 Å². The summed E-state index contributed by atoms with van der Waals surface area (Å²) in [4.78, 5) is 25.1. The van der Waals surface area contributed by atoms with Crippen molar-refractivity contribution >= 4 is 12.0 Å². The lowest BCUT2D eigenvalue weighted by molar-refractivity contribution is -0.139.